The Kier molecular flexibility index (Phi) is 6.78. The molecule has 0 spiro atoms. The molecule has 0 fully saturated rings. The molecule has 10 heteroatoms. The molecule has 2 N–H and O–H groups in total. The summed E-state index contributed by atoms with van der Waals surface area (Å²) in [7, 11) is 0. The molecule has 0 heterocycles. The SMILES string of the molecule is O=[N+]([O-])c1cc(C(F)(F)F)ccc1NCCCN=Cc1cc(Br)ccc1O. The van der Waals surface area contributed by atoms with Gasteiger partial charge in [0.2, 0.25) is 0 Å². The van der Waals surface area contributed by atoms with Crippen LogP contribution in [0.25, 0.3) is 0 Å². The lowest BCUT2D eigenvalue weighted by atomic mass is 10.1. The number of nitrogens with one attached hydrogen (secondary N) is 1. The van der Waals surface area contributed by atoms with Crippen molar-refractivity contribution in [3.8, 4) is 5.75 Å². The van der Waals surface area contributed by atoms with Crippen LogP contribution in [0.3, 0.4) is 0 Å². The normalized spacial score (nSPS) is 11.7. The number of nitro benzene ring substituents is 1. The van der Waals surface area contributed by atoms with Crippen LogP contribution in [0.1, 0.15) is 17.5 Å². The molecule has 2 rings (SSSR count). The molecule has 0 amide bonds. The number of rotatable bonds is 7. The first-order valence-electron chi connectivity index (χ1n) is 7.76. The van der Waals surface area contributed by atoms with Gasteiger partial charge in [-0.2, -0.15) is 13.2 Å². The molecule has 0 aliphatic rings. The number of phenols is 1. The maximum absolute atomic E-state index is 12.7. The van der Waals surface area contributed by atoms with E-state index in [1.807, 2.05) is 0 Å². The van der Waals surface area contributed by atoms with Gasteiger partial charge in [-0.3, -0.25) is 15.1 Å². The van der Waals surface area contributed by atoms with E-state index in [0.29, 0.717) is 24.6 Å². The Balaban J connectivity index is 1.92. The molecule has 0 aliphatic carbocycles. The van der Waals surface area contributed by atoms with E-state index in [4.69, 9.17) is 0 Å². The van der Waals surface area contributed by atoms with Crippen molar-refractivity contribution in [2.75, 3.05) is 18.4 Å². The summed E-state index contributed by atoms with van der Waals surface area (Å²) < 4.78 is 38.8. The van der Waals surface area contributed by atoms with Gasteiger partial charge in [0.05, 0.1) is 10.5 Å². The van der Waals surface area contributed by atoms with Crippen molar-refractivity contribution in [2.45, 2.75) is 12.6 Å². The van der Waals surface area contributed by atoms with Crippen LogP contribution in [0.2, 0.25) is 0 Å². The van der Waals surface area contributed by atoms with Crippen molar-refractivity contribution in [1.82, 2.24) is 0 Å². The number of aromatic hydroxyl groups is 1. The fraction of sp³-hybridized carbons (Fsp3) is 0.235. The fourth-order valence-electron chi connectivity index (χ4n) is 2.19. The largest absolute Gasteiger partial charge is 0.507 e. The highest BCUT2D eigenvalue weighted by molar-refractivity contribution is 9.10. The van der Waals surface area contributed by atoms with E-state index in [1.54, 1.807) is 12.1 Å². The van der Waals surface area contributed by atoms with Gasteiger partial charge in [0.1, 0.15) is 11.4 Å². The molecule has 2 aromatic carbocycles. The summed E-state index contributed by atoms with van der Waals surface area (Å²) in [6.07, 6.45) is -2.65. The topological polar surface area (TPSA) is 87.8 Å². The van der Waals surface area contributed by atoms with Gasteiger partial charge in [-0.25, -0.2) is 0 Å². The van der Waals surface area contributed by atoms with Crippen LogP contribution in [0.15, 0.2) is 45.9 Å². The van der Waals surface area contributed by atoms with Crippen LogP contribution < -0.4 is 5.32 Å². The third-order valence-electron chi connectivity index (χ3n) is 3.52. The third-order valence-corrected chi connectivity index (χ3v) is 4.01. The van der Waals surface area contributed by atoms with Gasteiger partial charge >= 0.3 is 6.18 Å². The Hall–Kier alpha value is -2.62. The Morgan fingerprint density at radius 2 is 2.00 bits per heavy atom. The fourth-order valence-corrected chi connectivity index (χ4v) is 2.57. The first-order chi connectivity index (χ1) is 12.7. The second kappa shape index (κ2) is 8.85. The number of nitrogens with zero attached hydrogens (tertiary/aromatic N) is 2. The van der Waals surface area contributed by atoms with Crippen LogP contribution in [0, 0.1) is 10.1 Å². The number of benzene rings is 2. The van der Waals surface area contributed by atoms with Gasteiger partial charge < -0.3 is 10.4 Å². The van der Waals surface area contributed by atoms with Gasteiger partial charge in [-0.05, 0) is 36.8 Å². The summed E-state index contributed by atoms with van der Waals surface area (Å²) in [6.45, 7) is 0.654. The lowest BCUT2D eigenvalue weighted by Gasteiger charge is -2.10. The molecule has 0 aliphatic heterocycles. The lowest BCUT2D eigenvalue weighted by molar-refractivity contribution is -0.384. The van der Waals surface area contributed by atoms with E-state index in [0.717, 1.165) is 16.6 Å². The standard InChI is InChI=1S/C17H15BrF3N3O3/c18-13-3-5-16(25)11(8-13)10-22-6-1-7-23-14-4-2-12(17(19,20)21)9-15(14)24(26)27/h2-5,8-10,23,25H,1,6-7H2. The average Bonchev–Trinajstić information content (AvgIpc) is 2.59. The van der Waals surface area contributed by atoms with Crippen LogP contribution >= 0.6 is 15.9 Å². The maximum atomic E-state index is 12.7. The number of aliphatic imine (C=N–C) groups is 1. The van der Waals surface area contributed by atoms with Gasteiger partial charge in [0.15, 0.2) is 0 Å². The summed E-state index contributed by atoms with van der Waals surface area (Å²) in [4.78, 5) is 14.3. The van der Waals surface area contributed by atoms with Crippen LogP contribution in [-0.4, -0.2) is 29.3 Å². The quantitative estimate of drug-likeness (QED) is 0.271. The number of hydrogen-bond donors (Lipinski definition) is 2. The number of halogens is 4. The van der Waals surface area contributed by atoms with E-state index < -0.39 is 22.4 Å². The summed E-state index contributed by atoms with van der Waals surface area (Å²) in [5.74, 6) is 0.0838. The minimum absolute atomic E-state index is 0.0154. The number of alkyl halides is 3. The minimum Gasteiger partial charge on any atom is -0.507 e. The zero-order valence-electron chi connectivity index (χ0n) is 13.8. The molecule has 0 atom stereocenters. The lowest BCUT2D eigenvalue weighted by Crippen LogP contribution is -2.09. The van der Waals surface area contributed by atoms with Crippen molar-refractivity contribution >= 4 is 33.5 Å². The van der Waals surface area contributed by atoms with Crippen molar-refractivity contribution in [1.29, 1.82) is 0 Å². The van der Waals surface area contributed by atoms with Crippen LogP contribution in [0.5, 0.6) is 5.75 Å². The first-order valence-corrected chi connectivity index (χ1v) is 8.55. The Labute approximate surface area is 161 Å². The molecule has 0 unspecified atom stereocenters. The number of hydrogen-bond acceptors (Lipinski definition) is 5. The maximum Gasteiger partial charge on any atom is 0.416 e. The Morgan fingerprint density at radius 1 is 1.26 bits per heavy atom. The van der Waals surface area contributed by atoms with Gasteiger partial charge in [-0.1, -0.05) is 15.9 Å². The van der Waals surface area contributed by atoms with Crippen LogP contribution in [0.4, 0.5) is 24.5 Å². The highest BCUT2D eigenvalue weighted by Gasteiger charge is 2.32. The molecule has 27 heavy (non-hydrogen) atoms. The predicted octanol–water partition coefficient (Wildman–Crippen LogP) is 5.00. The molecule has 0 radical (unpaired) electrons. The van der Waals surface area contributed by atoms with Crippen LogP contribution in [-0.2, 0) is 6.18 Å². The second-order valence-electron chi connectivity index (χ2n) is 5.51. The van der Waals surface area contributed by atoms with E-state index in [1.165, 1.54) is 12.3 Å². The van der Waals surface area contributed by atoms with Gasteiger partial charge in [0, 0.05) is 35.4 Å². The molecule has 6 nitrogen and oxygen atoms in total. The summed E-state index contributed by atoms with van der Waals surface area (Å²) in [6, 6.07) is 7.26. The number of anilines is 1. The van der Waals surface area contributed by atoms with Crippen molar-refractivity contribution in [3.63, 3.8) is 0 Å². The molecule has 0 saturated carbocycles. The van der Waals surface area contributed by atoms with E-state index in [-0.39, 0.29) is 18.0 Å². The van der Waals surface area contributed by atoms with Crippen molar-refractivity contribution in [3.05, 3.63) is 62.1 Å². The van der Waals surface area contributed by atoms with E-state index in [9.17, 15) is 28.4 Å². The Morgan fingerprint density at radius 3 is 2.67 bits per heavy atom. The average molecular weight is 446 g/mol. The highest BCUT2D eigenvalue weighted by Crippen LogP contribution is 2.34. The zero-order valence-corrected chi connectivity index (χ0v) is 15.4. The highest BCUT2D eigenvalue weighted by atomic mass is 79.9. The van der Waals surface area contributed by atoms with E-state index in [2.05, 4.69) is 26.2 Å². The summed E-state index contributed by atoms with van der Waals surface area (Å²) in [5.41, 5.74) is -1.15. The van der Waals surface area contributed by atoms with Crippen molar-refractivity contribution in [2.24, 2.45) is 4.99 Å². The van der Waals surface area contributed by atoms with Crippen molar-refractivity contribution < 1.29 is 23.2 Å². The molecule has 144 valence electrons. The molecular formula is C17H15BrF3N3O3. The summed E-state index contributed by atoms with van der Waals surface area (Å²) in [5, 5.41) is 23.4. The predicted molar refractivity (Wildman–Crippen MR) is 99.5 cm³/mol. The number of phenolic OH excluding ortho intramolecular Hbond substituents is 1. The molecular weight excluding hydrogens is 431 g/mol. The monoisotopic (exact) mass is 445 g/mol. The Bertz CT molecular complexity index is 857. The second-order valence-corrected chi connectivity index (χ2v) is 6.42. The minimum atomic E-state index is -4.64. The molecule has 2 aromatic rings. The number of nitro groups is 1. The first kappa shape index (κ1) is 20.7. The molecule has 0 aromatic heterocycles. The van der Waals surface area contributed by atoms with E-state index >= 15 is 0 Å². The summed E-state index contributed by atoms with van der Waals surface area (Å²) >= 11 is 3.28. The molecule has 0 saturated heterocycles. The zero-order chi connectivity index (χ0) is 20.0. The van der Waals surface area contributed by atoms with Gasteiger partial charge in [-0.15, -0.1) is 0 Å². The smallest absolute Gasteiger partial charge is 0.416 e. The third kappa shape index (κ3) is 5.95. The van der Waals surface area contributed by atoms with Gasteiger partial charge in [0.25, 0.3) is 5.69 Å². The molecule has 0 bridgehead atoms.